The molecule has 0 aliphatic carbocycles. The number of carbonyl (C=O) groups excluding carboxylic acids is 1. The second-order valence-corrected chi connectivity index (χ2v) is 5.10. The number of aliphatic hydroxyl groups is 1. The molecule has 1 saturated heterocycles. The number of rotatable bonds is 4. The highest BCUT2D eigenvalue weighted by Gasteiger charge is 2.28. The maximum Gasteiger partial charge on any atom is 0.237 e. The molecule has 0 aromatic rings. The quantitative estimate of drug-likeness (QED) is 0.718. The molecule has 1 aliphatic rings. The fourth-order valence-corrected chi connectivity index (χ4v) is 2.16. The minimum absolute atomic E-state index is 0.0337. The summed E-state index contributed by atoms with van der Waals surface area (Å²) in [6.07, 6.45) is 4.15. The van der Waals surface area contributed by atoms with Crippen molar-refractivity contribution in [1.29, 1.82) is 0 Å². The van der Waals surface area contributed by atoms with Gasteiger partial charge in [-0.25, -0.2) is 0 Å². The van der Waals surface area contributed by atoms with Crippen LogP contribution in [0.4, 0.5) is 0 Å². The lowest BCUT2D eigenvalue weighted by molar-refractivity contribution is -0.125. The van der Waals surface area contributed by atoms with Gasteiger partial charge >= 0.3 is 0 Å². The number of carbonyl (C=O) groups is 1. The monoisotopic (exact) mass is 240 g/mol. The Morgan fingerprint density at radius 2 is 2.29 bits per heavy atom. The van der Waals surface area contributed by atoms with Gasteiger partial charge in [0.25, 0.3) is 0 Å². The minimum atomic E-state index is -0.577. The Hall–Kier alpha value is -0.870. The van der Waals surface area contributed by atoms with Crippen molar-refractivity contribution in [2.24, 2.45) is 0 Å². The van der Waals surface area contributed by atoms with Gasteiger partial charge in [0.15, 0.2) is 0 Å². The molecule has 17 heavy (non-hydrogen) atoms. The van der Waals surface area contributed by atoms with E-state index in [-0.39, 0.29) is 11.9 Å². The summed E-state index contributed by atoms with van der Waals surface area (Å²) in [5, 5.41) is 12.8. The highest BCUT2D eigenvalue weighted by atomic mass is 16.3. The summed E-state index contributed by atoms with van der Waals surface area (Å²) in [6, 6.07) is -0.135. The van der Waals surface area contributed by atoms with E-state index in [2.05, 4.69) is 16.8 Å². The highest BCUT2D eigenvalue weighted by molar-refractivity contribution is 5.81. The maximum absolute atomic E-state index is 11.8. The average Bonchev–Trinajstić information content (AvgIpc) is 2.46. The van der Waals surface area contributed by atoms with Crippen molar-refractivity contribution >= 4 is 5.91 Å². The molecule has 0 saturated carbocycles. The average molecular weight is 240 g/mol. The van der Waals surface area contributed by atoms with Crippen LogP contribution in [0.1, 0.15) is 33.1 Å². The SMILES string of the molecule is C=CCNC(=O)C(C)N1CCCC(C)(O)CC1. The summed E-state index contributed by atoms with van der Waals surface area (Å²) < 4.78 is 0. The largest absolute Gasteiger partial charge is 0.390 e. The van der Waals surface area contributed by atoms with Crippen molar-refractivity contribution < 1.29 is 9.90 Å². The first kappa shape index (κ1) is 14.2. The van der Waals surface area contributed by atoms with Gasteiger partial charge in [0, 0.05) is 13.1 Å². The molecule has 2 N–H and O–H groups in total. The van der Waals surface area contributed by atoms with E-state index in [1.807, 2.05) is 13.8 Å². The third-order valence-electron chi connectivity index (χ3n) is 3.45. The zero-order valence-corrected chi connectivity index (χ0v) is 10.9. The van der Waals surface area contributed by atoms with Crippen LogP contribution in [0.5, 0.6) is 0 Å². The molecule has 1 rings (SSSR count). The van der Waals surface area contributed by atoms with Crippen LogP contribution in [0.3, 0.4) is 0 Å². The fourth-order valence-electron chi connectivity index (χ4n) is 2.16. The van der Waals surface area contributed by atoms with Crippen molar-refractivity contribution in [2.45, 2.75) is 44.8 Å². The van der Waals surface area contributed by atoms with Crippen molar-refractivity contribution in [3.8, 4) is 0 Å². The van der Waals surface area contributed by atoms with Gasteiger partial charge in [0.05, 0.1) is 11.6 Å². The Balaban J connectivity index is 2.48. The molecule has 0 aromatic heterocycles. The maximum atomic E-state index is 11.8. The van der Waals surface area contributed by atoms with Crippen LogP contribution in [0.15, 0.2) is 12.7 Å². The van der Waals surface area contributed by atoms with Gasteiger partial charge in [0.1, 0.15) is 0 Å². The molecule has 98 valence electrons. The van der Waals surface area contributed by atoms with Gasteiger partial charge in [-0.2, -0.15) is 0 Å². The van der Waals surface area contributed by atoms with E-state index in [1.165, 1.54) is 0 Å². The number of amides is 1. The van der Waals surface area contributed by atoms with Crippen LogP contribution < -0.4 is 5.32 Å². The predicted octanol–water partition coefficient (Wildman–Crippen LogP) is 0.914. The summed E-state index contributed by atoms with van der Waals surface area (Å²) in [5.74, 6) is 0.0337. The summed E-state index contributed by atoms with van der Waals surface area (Å²) in [5.41, 5.74) is -0.577. The van der Waals surface area contributed by atoms with E-state index in [1.54, 1.807) is 6.08 Å². The first-order chi connectivity index (χ1) is 7.96. The summed E-state index contributed by atoms with van der Waals surface area (Å²) in [6.45, 7) is 9.52. The zero-order chi connectivity index (χ0) is 12.9. The highest BCUT2D eigenvalue weighted by Crippen LogP contribution is 2.22. The van der Waals surface area contributed by atoms with Gasteiger partial charge in [-0.05, 0) is 39.7 Å². The van der Waals surface area contributed by atoms with Crippen molar-refractivity contribution in [2.75, 3.05) is 19.6 Å². The lowest BCUT2D eigenvalue weighted by Crippen LogP contribution is -2.45. The molecule has 4 heteroatoms. The van der Waals surface area contributed by atoms with Crippen LogP contribution in [0.25, 0.3) is 0 Å². The molecule has 0 spiro atoms. The first-order valence-corrected chi connectivity index (χ1v) is 6.31. The normalized spacial score (nSPS) is 28.2. The molecule has 0 bridgehead atoms. The summed E-state index contributed by atoms with van der Waals surface area (Å²) in [4.78, 5) is 14.0. The van der Waals surface area contributed by atoms with Gasteiger partial charge in [-0.3, -0.25) is 9.69 Å². The number of nitrogens with one attached hydrogen (secondary N) is 1. The van der Waals surface area contributed by atoms with Crippen LogP contribution >= 0.6 is 0 Å². The van der Waals surface area contributed by atoms with Crippen molar-refractivity contribution in [3.05, 3.63) is 12.7 Å². The lowest BCUT2D eigenvalue weighted by Gasteiger charge is -2.27. The number of hydrogen-bond acceptors (Lipinski definition) is 3. The summed E-state index contributed by atoms with van der Waals surface area (Å²) in [7, 11) is 0. The number of likely N-dealkylation sites (tertiary alicyclic amines) is 1. The molecular weight excluding hydrogens is 216 g/mol. The molecule has 1 heterocycles. The molecule has 1 aliphatic heterocycles. The smallest absolute Gasteiger partial charge is 0.237 e. The Morgan fingerprint density at radius 3 is 2.94 bits per heavy atom. The number of nitrogens with zero attached hydrogens (tertiary/aromatic N) is 1. The van der Waals surface area contributed by atoms with E-state index in [0.717, 1.165) is 32.4 Å². The molecule has 0 radical (unpaired) electrons. The Bertz CT molecular complexity index is 277. The van der Waals surface area contributed by atoms with E-state index in [9.17, 15) is 9.90 Å². The van der Waals surface area contributed by atoms with Crippen LogP contribution in [-0.2, 0) is 4.79 Å². The van der Waals surface area contributed by atoms with Gasteiger partial charge in [-0.15, -0.1) is 6.58 Å². The third kappa shape index (κ3) is 4.48. The number of hydrogen-bond donors (Lipinski definition) is 2. The van der Waals surface area contributed by atoms with E-state index in [0.29, 0.717) is 6.54 Å². The fraction of sp³-hybridized carbons (Fsp3) is 0.769. The molecular formula is C13H24N2O2. The molecule has 0 aromatic carbocycles. The van der Waals surface area contributed by atoms with Crippen molar-refractivity contribution in [3.63, 3.8) is 0 Å². The van der Waals surface area contributed by atoms with Gasteiger partial charge in [-0.1, -0.05) is 6.08 Å². The lowest BCUT2D eigenvalue weighted by atomic mass is 9.98. The van der Waals surface area contributed by atoms with Gasteiger partial charge < -0.3 is 10.4 Å². The second kappa shape index (κ2) is 6.17. The van der Waals surface area contributed by atoms with Crippen LogP contribution in [-0.4, -0.2) is 47.2 Å². The van der Waals surface area contributed by atoms with Crippen LogP contribution in [0.2, 0.25) is 0 Å². The molecule has 1 amide bonds. The Morgan fingerprint density at radius 1 is 1.59 bits per heavy atom. The third-order valence-corrected chi connectivity index (χ3v) is 3.45. The standard InChI is InChI=1S/C13H24N2O2/c1-4-8-14-12(16)11(2)15-9-5-6-13(3,17)7-10-15/h4,11,17H,1,5-10H2,2-3H3,(H,14,16). The van der Waals surface area contributed by atoms with E-state index in [4.69, 9.17) is 0 Å². The van der Waals surface area contributed by atoms with Crippen LogP contribution in [0, 0.1) is 0 Å². The summed E-state index contributed by atoms with van der Waals surface area (Å²) >= 11 is 0. The minimum Gasteiger partial charge on any atom is -0.390 e. The first-order valence-electron chi connectivity index (χ1n) is 6.31. The molecule has 1 fully saturated rings. The predicted molar refractivity (Wildman–Crippen MR) is 68.7 cm³/mol. The Labute approximate surface area is 104 Å². The molecule has 4 nitrogen and oxygen atoms in total. The van der Waals surface area contributed by atoms with Gasteiger partial charge in [0.2, 0.25) is 5.91 Å². The van der Waals surface area contributed by atoms with Crippen molar-refractivity contribution in [1.82, 2.24) is 10.2 Å². The Kier molecular flexibility index (Phi) is 5.15. The topological polar surface area (TPSA) is 52.6 Å². The van der Waals surface area contributed by atoms with E-state index >= 15 is 0 Å². The molecule has 2 atom stereocenters. The van der Waals surface area contributed by atoms with E-state index < -0.39 is 5.60 Å². The second-order valence-electron chi connectivity index (χ2n) is 5.10. The molecule has 2 unspecified atom stereocenters. The zero-order valence-electron chi connectivity index (χ0n) is 10.9.